The molecule has 13 nitrogen and oxygen atoms in total. The summed E-state index contributed by atoms with van der Waals surface area (Å²) in [5.41, 5.74) is 6.24. The van der Waals surface area contributed by atoms with Crippen LogP contribution in [0.1, 0.15) is 64.9 Å². The Morgan fingerprint density at radius 1 is 0.960 bits per heavy atom. The van der Waals surface area contributed by atoms with E-state index < -0.39 is 29.7 Å². The number of nitrogens with one attached hydrogen (secondary N) is 4. The largest absolute Gasteiger partial charge is 0.388 e. The summed E-state index contributed by atoms with van der Waals surface area (Å²) in [5.74, 6) is -1.36. The van der Waals surface area contributed by atoms with Crippen LogP contribution in [0.5, 0.6) is 0 Å². The van der Waals surface area contributed by atoms with Crippen molar-refractivity contribution in [1.82, 2.24) is 30.4 Å². The van der Waals surface area contributed by atoms with Crippen molar-refractivity contribution in [2.75, 3.05) is 50.0 Å². The summed E-state index contributed by atoms with van der Waals surface area (Å²) >= 11 is 0. The average molecular weight is 676 g/mol. The molecule has 4 heterocycles. The summed E-state index contributed by atoms with van der Waals surface area (Å²) < 4.78 is 0. The highest BCUT2D eigenvalue weighted by molar-refractivity contribution is 6.24. The molecule has 13 heteroatoms. The summed E-state index contributed by atoms with van der Waals surface area (Å²) in [4.78, 5) is 65.5. The summed E-state index contributed by atoms with van der Waals surface area (Å²) in [6.45, 7) is 4.77. The van der Waals surface area contributed by atoms with Gasteiger partial charge >= 0.3 is 0 Å². The Morgan fingerprint density at radius 2 is 1.74 bits per heavy atom. The van der Waals surface area contributed by atoms with E-state index in [9.17, 15) is 19.2 Å². The predicted molar refractivity (Wildman–Crippen MR) is 189 cm³/mol. The lowest BCUT2D eigenvalue weighted by molar-refractivity contribution is -0.136. The predicted octanol–water partition coefficient (Wildman–Crippen LogP) is 3.03. The maximum atomic E-state index is 13.2. The van der Waals surface area contributed by atoms with E-state index in [2.05, 4.69) is 44.9 Å². The van der Waals surface area contributed by atoms with E-state index in [0.29, 0.717) is 23.9 Å². The van der Waals surface area contributed by atoms with E-state index in [0.717, 1.165) is 79.1 Å². The molecular formula is C37H41N9O4. The van der Waals surface area contributed by atoms with Gasteiger partial charge in [0.15, 0.2) is 0 Å². The Balaban J connectivity index is 0.879. The number of rotatable bonds is 10. The van der Waals surface area contributed by atoms with E-state index in [1.54, 1.807) is 24.4 Å². The molecule has 2 saturated carbocycles. The van der Waals surface area contributed by atoms with Crippen LogP contribution in [0.25, 0.3) is 16.6 Å². The van der Waals surface area contributed by atoms with E-state index in [-0.39, 0.29) is 35.9 Å². The second-order valence-electron chi connectivity index (χ2n) is 14.3. The van der Waals surface area contributed by atoms with Crippen LogP contribution in [0.4, 0.5) is 11.4 Å². The average Bonchev–Trinajstić information content (AvgIpc) is 3.92. The minimum absolute atomic E-state index is 0.0872. The molecule has 5 aliphatic rings. The smallest absolute Gasteiger partial charge is 0.262 e. The quantitative estimate of drug-likeness (QED) is 0.186. The van der Waals surface area contributed by atoms with Gasteiger partial charge < -0.3 is 25.8 Å². The van der Waals surface area contributed by atoms with Crippen LogP contribution in [-0.4, -0.2) is 101 Å². The standard InChI is InChI=1S/C37H41N9O4/c1-44-10-12-45(13-11-44)25-5-7-29-30(17-25)41-20-31(42-29)28(34(38)22-2-3-22)19-40-24-14-21(15-24)18-39-23-4-6-26-27(16-23)37(50)46(36(26)49)32-8-9-33(47)43-35(32)48/h4-7,16-17,19-22,24,32,38-40H,2-3,8-15,18H2,1H3,(H,43,47,48)/b28-19-,38-34?/t21-,24-,32?. The first-order valence-corrected chi connectivity index (χ1v) is 17.6. The van der Waals surface area contributed by atoms with Crippen LogP contribution in [0.3, 0.4) is 0 Å². The van der Waals surface area contributed by atoms with Crippen molar-refractivity contribution in [3.63, 3.8) is 0 Å². The molecule has 258 valence electrons. The zero-order valence-electron chi connectivity index (χ0n) is 28.1. The number of fused-ring (bicyclic) bond motifs is 2. The molecule has 4 amide bonds. The van der Waals surface area contributed by atoms with Gasteiger partial charge in [-0.3, -0.25) is 34.4 Å². The van der Waals surface area contributed by atoms with Crippen LogP contribution in [0.15, 0.2) is 48.8 Å². The molecule has 1 unspecified atom stereocenters. The third-order valence-corrected chi connectivity index (χ3v) is 10.7. The normalized spacial score (nSPS) is 24.3. The van der Waals surface area contributed by atoms with Crippen molar-refractivity contribution in [1.29, 1.82) is 5.41 Å². The first-order valence-electron chi connectivity index (χ1n) is 17.6. The summed E-state index contributed by atoms with van der Waals surface area (Å²) in [6, 6.07) is 10.6. The number of piperidine rings is 1. The minimum atomic E-state index is -0.979. The molecule has 4 N–H and O–H groups in total. The Bertz CT molecular complexity index is 1940. The topological polar surface area (TPSA) is 164 Å². The maximum Gasteiger partial charge on any atom is 0.262 e. The van der Waals surface area contributed by atoms with Gasteiger partial charge in [0.05, 0.1) is 34.1 Å². The first kappa shape index (κ1) is 32.1. The lowest BCUT2D eigenvalue weighted by Gasteiger charge is -2.36. The maximum absolute atomic E-state index is 13.2. The number of anilines is 2. The van der Waals surface area contributed by atoms with Gasteiger partial charge in [-0.05, 0) is 81.5 Å². The number of amides is 4. The Morgan fingerprint density at radius 3 is 2.50 bits per heavy atom. The molecule has 50 heavy (non-hydrogen) atoms. The number of carbonyl (C=O) groups is 4. The van der Waals surface area contributed by atoms with Gasteiger partial charge in [0.25, 0.3) is 11.8 Å². The number of imide groups is 2. The first-order chi connectivity index (χ1) is 24.2. The van der Waals surface area contributed by atoms with Gasteiger partial charge in [0.2, 0.25) is 11.8 Å². The molecule has 1 aromatic heterocycles. The highest BCUT2D eigenvalue weighted by Gasteiger charge is 2.44. The SMILES string of the molecule is CN1CCN(c2ccc3nc(/C(=C/N[C@H]4C[C@H](CNc5ccc6c(c5)C(=O)N(C5CCC(=O)NC5=O)C6=O)C4)C(=N)C4CC4)cnc3c2)CC1. The number of carbonyl (C=O) groups excluding carboxylic acids is 4. The molecule has 2 saturated heterocycles. The van der Waals surface area contributed by atoms with E-state index in [4.69, 9.17) is 15.4 Å². The van der Waals surface area contributed by atoms with Crippen molar-refractivity contribution < 1.29 is 19.2 Å². The van der Waals surface area contributed by atoms with Crippen LogP contribution in [0, 0.1) is 17.2 Å². The second-order valence-corrected chi connectivity index (χ2v) is 14.3. The third-order valence-electron chi connectivity index (χ3n) is 10.7. The highest BCUT2D eigenvalue weighted by Crippen LogP contribution is 2.36. The van der Waals surface area contributed by atoms with E-state index in [1.165, 1.54) is 5.69 Å². The Kier molecular flexibility index (Phi) is 8.30. The fraction of sp³-hybridized carbons (Fsp3) is 0.432. The number of piperazine rings is 1. The number of benzene rings is 2. The zero-order chi connectivity index (χ0) is 34.5. The third kappa shape index (κ3) is 6.21. The fourth-order valence-corrected chi connectivity index (χ4v) is 7.35. The van der Waals surface area contributed by atoms with Gasteiger partial charge in [-0.15, -0.1) is 0 Å². The zero-order valence-corrected chi connectivity index (χ0v) is 28.1. The van der Waals surface area contributed by atoms with Crippen LogP contribution in [-0.2, 0) is 9.59 Å². The Hall–Kier alpha value is -5.17. The van der Waals surface area contributed by atoms with Crippen LogP contribution < -0.4 is 20.9 Å². The summed E-state index contributed by atoms with van der Waals surface area (Å²) in [6.07, 6.45) is 7.91. The van der Waals surface area contributed by atoms with Crippen molar-refractivity contribution in [2.45, 2.75) is 50.6 Å². The molecule has 8 rings (SSSR count). The van der Waals surface area contributed by atoms with Gasteiger partial charge in [-0.1, -0.05) is 0 Å². The molecule has 3 aromatic rings. The molecule has 3 aliphatic heterocycles. The van der Waals surface area contributed by atoms with Gasteiger partial charge in [0.1, 0.15) is 6.04 Å². The molecule has 2 aliphatic carbocycles. The number of likely N-dealkylation sites (N-methyl/N-ethyl adjacent to an activating group) is 1. The van der Waals surface area contributed by atoms with Crippen LogP contribution in [0.2, 0.25) is 0 Å². The molecule has 0 bridgehead atoms. The van der Waals surface area contributed by atoms with Gasteiger partial charge in [-0.2, -0.15) is 0 Å². The number of hydrogen-bond donors (Lipinski definition) is 4. The van der Waals surface area contributed by atoms with Gasteiger partial charge in [-0.25, -0.2) is 4.98 Å². The van der Waals surface area contributed by atoms with Crippen molar-refractivity contribution in [3.05, 3.63) is 65.6 Å². The van der Waals surface area contributed by atoms with Gasteiger partial charge in [0, 0.05) is 80.0 Å². The molecule has 1 atom stereocenters. The van der Waals surface area contributed by atoms with E-state index in [1.807, 2.05) is 12.3 Å². The van der Waals surface area contributed by atoms with E-state index >= 15 is 0 Å². The highest BCUT2D eigenvalue weighted by atomic mass is 16.2. The van der Waals surface area contributed by atoms with Crippen molar-refractivity contribution in [3.8, 4) is 0 Å². The molecule has 2 aromatic carbocycles. The van der Waals surface area contributed by atoms with Crippen molar-refractivity contribution >= 4 is 57.3 Å². The molecule has 0 radical (unpaired) electrons. The minimum Gasteiger partial charge on any atom is -0.388 e. The number of aromatic nitrogens is 2. The van der Waals surface area contributed by atoms with Crippen molar-refractivity contribution in [2.24, 2.45) is 11.8 Å². The second kappa shape index (κ2) is 12.9. The summed E-state index contributed by atoms with van der Waals surface area (Å²) in [5, 5.41) is 18.1. The Labute approximate surface area is 290 Å². The van der Waals surface area contributed by atoms with Crippen LogP contribution >= 0.6 is 0 Å². The number of allylic oxidation sites excluding steroid dienone is 1. The molecule has 0 spiro atoms. The molecular weight excluding hydrogens is 634 g/mol. The fourth-order valence-electron chi connectivity index (χ4n) is 7.35. The molecule has 4 fully saturated rings. The monoisotopic (exact) mass is 675 g/mol. The summed E-state index contributed by atoms with van der Waals surface area (Å²) in [7, 11) is 2.15. The lowest BCUT2D eigenvalue weighted by Crippen LogP contribution is -2.54. The number of nitrogens with zero attached hydrogens (tertiary/aromatic N) is 5. The number of hydrogen-bond acceptors (Lipinski definition) is 11. The lowest BCUT2D eigenvalue weighted by atomic mass is 9.80.